The molecule has 2 aromatic carbocycles. The molecule has 0 atom stereocenters. The Morgan fingerprint density at radius 3 is 2.12 bits per heavy atom. The molecule has 2 aromatic rings. The number of carbonyl (C=O) groups excluding carboxylic acids is 4. The van der Waals surface area contributed by atoms with Gasteiger partial charge in [0.05, 0.1) is 6.54 Å². The van der Waals surface area contributed by atoms with E-state index in [1.165, 1.54) is 0 Å². The number of benzene rings is 2. The molecule has 0 aromatic heterocycles. The molecule has 0 bridgehead atoms. The summed E-state index contributed by atoms with van der Waals surface area (Å²) in [5.74, 6) is 0.0493. The van der Waals surface area contributed by atoms with E-state index in [2.05, 4.69) is 0 Å². The number of ketones is 1. The van der Waals surface area contributed by atoms with Crippen molar-refractivity contribution in [1.29, 1.82) is 0 Å². The van der Waals surface area contributed by atoms with Gasteiger partial charge in [0.2, 0.25) is 0 Å². The first-order valence-electron chi connectivity index (χ1n) is 14.5. The number of Topliss-reactive ketones (excluding diaryl/α,β-unsaturated/α-hetero) is 1. The predicted molar refractivity (Wildman–Crippen MR) is 153 cm³/mol. The van der Waals surface area contributed by atoms with Crippen LogP contribution in [0.2, 0.25) is 0 Å². The summed E-state index contributed by atoms with van der Waals surface area (Å²) in [4.78, 5) is 56.2. The van der Waals surface area contributed by atoms with Gasteiger partial charge in [-0.3, -0.25) is 14.5 Å². The molecule has 3 saturated heterocycles. The van der Waals surface area contributed by atoms with Crippen molar-refractivity contribution in [2.45, 2.75) is 64.2 Å². The number of ether oxygens (including phenoxy) is 2. The lowest BCUT2D eigenvalue weighted by Crippen LogP contribution is -2.49. The lowest BCUT2D eigenvalue weighted by molar-refractivity contribution is -0.0170. The molecular weight excluding hydrogens is 522 g/mol. The Labute approximate surface area is 241 Å². The first kappa shape index (κ1) is 28.6. The summed E-state index contributed by atoms with van der Waals surface area (Å²) < 4.78 is 11.3. The first-order chi connectivity index (χ1) is 19.5. The van der Waals surface area contributed by atoms with E-state index in [4.69, 9.17) is 9.47 Å². The van der Waals surface area contributed by atoms with Crippen molar-refractivity contribution in [2.24, 2.45) is 5.92 Å². The van der Waals surface area contributed by atoms with Crippen molar-refractivity contribution in [3.05, 3.63) is 71.3 Å². The molecule has 0 aliphatic carbocycles. The van der Waals surface area contributed by atoms with E-state index in [-0.39, 0.29) is 29.8 Å². The third kappa shape index (κ3) is 6.72. The molecule has 0 radical (unpaired) electrons. The fourth-order valence-corrected chi connectivity index (χ4v) is 5.84. The summed E-state index contributed by atoms with van der Waals surface area (Å²) >= 11 is 0. The molecule has 3 aliphatic heterocycles. The van der Waals surface area contributed by atoms with E-state index in [1.807, 2.05) is 68.1 Å². The maximum Gasteiger partial charge on any atom is 0.410 e. The largest absolute Gasteiger partial charge is 0.444 e. The Balaban J connectivity index is 1.11. The number of carbonyl (C=O) groups is 4. The molecule has 9 heteroatoms. The van der Waals surface area contributed by atoms with Crippen LogP contribution in [0.3, 0.4) is 0 Å². The van der Waals surface area contributed by atoms with Gasteiger partial charge >= 0.3 is 12.2 Å². The first-order valence-corrected chi connectivity index (χ1v) is 14.5. The Bertz CT molecular complexity index is 1270. The Kier molecular flexibility index (Phi) is 8.07. The van der Waals surface area contributed by atoms with Crippen LogP contribution in [-0.2, 0) is 16.0 Å². The van der Waals surface area contributed by atoms with E-state index in [0.29, 0.717) is 70.5 Å². The summed E-state index contributed by atoms with van der Waals surface area (Å²) in [6.07, 6.45) is 1.75. The molecule has 218 valence electrons. The zero-order valence-corrected chi connectivity index (χ0v) is 24.1. The van der Waals surface area contributed by atoms with Gasteiger partial charge in [0.25, 0.3) is 5.91 Å². The number of piperidine rings is 2. The highest BCUT2D eigenvalue weighted by atomic mass is 16.6. The van der Waals surface area contributed by atoms with E-state index < -0.39 is 11.2 Å². The molecule has 0 N–H and O–H groups in total. The lowest BCUT2D eigenvalue weighted by Gasteiger charge is -2.37. The average molecular weight is 562 g/mol. The van der Waals surface area contributed by atoms with Crippen molar-refractivity contribution >= 4 is 23.9 Å². The van der Waals surface area contributed by atoms with Gasteiger partial charge in [-0.15, -0.1) is 0 Å². The van der Waals surface area contributed by atoms with Crippen LogP contribution in [-0.4, -0.2) is 82.5 Å². The molecule has 3 heterocycles. The second-order valence-electron chi connectivity index (χ2n) is 12.4. The van der Waals surface area contributed by atoms with Crippen LogP contribution in [0.4, 0.5) is 9.59 Å². The number of amides is 3. The zero-order valence-electron chi connectivity index (χ0n) is 24.1. The Morgan fingerprint density at radius 1 is 0.878 bits per heavy atom. The molecule has 3 aliphatic rings. The highest BCUT2D eigenvalue weighted by Gasteiger charge is 2.47. The van der Waals surface area contributed by atoms with Gasteiger partial charge in [0.15, 0.2) is 5.78 Å². The predicted octanol–water partition coefficient (Wildman–Crippen LogP) is 5.14. The summed E-state index contributed by atoms with van der Waals surface area (Å²) in [5.41, 5.74) is 1.08. The minimum atomic E-state index is -0.598. The second kappa shape index (κ2) is 11.5. The molecule has 5 rings (SSSR count). The fourth-order valence-electron chi connectivity index (χ4n) is 5.84. The molecule has 3 amide bonds. The molecular formula is C32H39N3O6. The topological polar surface area (TPSA) is 96.5 Å². The van der Waals surface area contributed by atoms with Crippen LogP contribution in [0, 0.1) is 5.92 Å². The fraction of sp³-hybridized carbons (Fsp3) is 0.500. The number of hydrogen-bond donors (Lipinski definition) is 0. The standard InChI is InChI=1S/C32H39N3O6/c1-31(2,3)40-29(38)34-19-15-32(16-20-34)22-35(30(39)41-32)21-23-9-11-26(12-10-23)28(37)33-17-13-25(14-18-33)27(36)24-7-5-4-6-8-24/h4-12,25H,13-22H2,1-3H3. The van der Waals surface area contributed by atoms with Crippen molar-refractivity contribution in [2.75, 3.05) is 32.7 Å². The SMILES string of the molecule is CC(C)(C)OC(=O)N1CCC2(CC1)CN(Cc1ccc(C(=O)N3CCC(C(=O)c4ccccc4)CC3)cc1)C(=O)O2. The van der Waals surface area contributed by atoms with Gasteiger partial charge in [0.1, 0.15) is 11.2 Å². The van der Waals surface area contributed by atoms with Crippen molar-refractivity contribution in [3.63, 3.8) is 0 Å². The van der Waals surface area contributed by atoms with Crippen molar-refractivity contribution < 1.29 is 28.7 Å². The van der Waals surface area contributed by atoms with Crippen LogP contribution in [0.1, 0.15) is 72.7 Å². The van der Waals surface area contributed by atoms with Crippen molar-refractivity contribution in [1.82, 2.24) is 14.7 Å². The van der Waals surface area contributed by atoms with E-state index in [1.54, 1.807) is 21.9 Å². The lowest BCUT2D eigenvalue weighted by atomic mass is 9.88. The molecule has 41 heavy (non-hydrogen) atoms. The van der Waals surface area contributed by atoms with Crippen molar-refractivity contribution in [3.8, 4) is 0 Å². The molecule has 3 fully saturated rings. The van der Waals surface area contributed by atoms with Crippen LogP contribution in [0.5, 0.6) is 0 Å². The molecule has 9 nitrogen and oxygen atoms in total. The van der Waals surface area contributed by atoms with Gasteiger partial charge in [-0.25, -0.2) is 9.59 Å². The second-order valence-corrected chi connectivity index (χ2v) is 12.4. The third-order valence-corrected chi connectivity index (χ3v) is 8.15. The number of hydrogen-bond acceptors (Lipinski definition) is 6. The monoisotopic (exact) mass is 561 g/mol. The minimum Gasteiger partial charge on any atom is -0.444 e. The van der Waals surface area contributed by atoms with Gasteiger partial charge in [-0.2, -0.15) is 0 Å². The number of nitrogens with zero attached hydrogens (tertiary/aromatic N) is 3. The molecule has 1 spiro atoms. The summed E-state index contributed by atoms with van der Waals surface area (Å²) in [6, 6.07) is 16.7. The highest BCUT2D eigenvalue weighted by molar-refractivity contribution is 5.98. The van der Waals surface area contributed by atoms with E-state index in [0.717, 1.165) is 11.1 Å². The Hall–Kier alpha value is -3.88. The summed E-state index contributed by atoms with van der Waals surface area (Å²) in [5, 5.41) is 0. The molecule has 0 saturated carbocycles. The normalized spacial score (nSPS) is 19.3. The van der Waals surface area contributed by atoms with E-state index in [9.17, 15) is 19.2 Å². The number of likely N-dealkylation sites (tertiary alicyclic amines) is 2. The maximum absolute atomic E-state index is 13.1. The molecule has 0 unspecified atom stereocenters. The summed E-state index contributed by atoms with van der Waals surface area (Å²) in [7, 11) is 0. The average Bonchev–Trinajstić information content (AvgIpc) is 3.26. The maximum atomic E-state index is 13.1. The van der Waals surface area contributed by atoms with Crippen LogP contribution < -0.4 is 0 Å². The Morgan fingerprint density at radius 2 is 1.51 bits per heavy atom. The van der Waals surface area contributed by atoms with Gasteiger partial charge in [0, 0.05) is 62.6 Å². The highest BCUT2D eigenvalue weighted by Crippen LogP contribution is 2.34. The minimum absolute atomic E-state index is 0.0431. The van der Waals surface area contributed by atoms with E-state index >= 15 is 0 Å². The van der Waals surface area contributed by atoms with Crippen LogP contribution in [0.15, 0.2) is 54.6 Å². The smallest absolute Gasteiger partial charge is 0.410 e. The number of rotatable bonds is 5. The van der Waals surface area contributed by atoms with Gasteiger partial charge < -0.3 is 19.3 Å². The third-order valence-electron chi connectivity index (χ3n) is 8.15. The van der Waals surface area contributed by atoms with Crippen LogP contribution >= 0.6 is 0 Å². The van der Waals surface area contributed by atoms with Gasteiger partial charge in [-0.05, 0) is 51.3 Å². The zero-order chi connectivity index (χ0) is 29.2. The van der Waals surface area contributed by atoms with Gasteiger partial charge in [-0.1, -0.05) is 42.5 Å². The summed E-state index contributed by atoms with van der Waals surface area (Å²) in [6.45, 7) is 8.43. The quantitative estimate of drug-likeness (QED) is 0.469. The van der Waals surface area contributed by atoms with Crippen LogP contribution in [0.25, 0.3) is 0 Å².